The summed E-state index contributed by atoms with van der Waals surface area (Å²) in [7, 11) is 0. The fourth-order valence-electron chi connectivity index (χ4n) is 3.82. The maximum atomic E-state index is 12.0. The number of nitrogens with zero attached hydrogens (tertiary/aromatic N) is 3. The number of rotatable bonds is 8. The minimum Gasteiger partial charge on any atom is -0.353 e. The van der Waals surface area contributed by atoms with Gasteiger partial charge in [-0.3, -0.25) is 9.69 Å². The Morgan fingerprint density at radius 3 is 2.80 bits per heavy atom. The van der Waals surface area contributed by atoms with Crippen LogP contribution in [-0.4, -0.2) is 52.7 Å². The Morgan fingerprint density at radius 1 is 1.24 bits per heavy atom. The van der Waals surface area contributed by atoms with Gasteiger partial charge in [0.05, 0.1) is 6.54 Å². The van der Waals surface area contributed by atoms with Gasteiger partial charge in [-0.15, -0.1) is 0 Å². The van der Waals surface area contributed by atoms with Crippen molar-refractivity contribution in [3.8, 4) is 0 Å². The highest BCUT2D eigenvalue weighted by Crippen LogP contribution is 2.17. The maximum Gasteiger partial charge on any atom is 0.226 e. The number of aromatic nitrogens is 2. The van der Waals surface area contributed by atoms with E-state index in [1.165, 1.54) is 12.8 Å². The number of likely N-dealkylation sites (tertiary alicyclic amines) is 1. The average molecular weight is 349 g/mol. The molecule has 1 aliphatic carbocycles. The van der Waals surface area contributed by atoms with Gasteiger partial charge in [-0.25, -0.2) is 0 Å². The molecule has 25 heavy (non-hydrogen) atoms. The van der Waals surface area contributed by atoms with Crippen LogP contribution < -0.4 is 10.6 Å². The molecule has 1 aromatic heterocycles. The molecule has 0 spiro atoms. The molecule has 1 saturated heterocycles. The first-order chi connectivity index (χ1) is 12.2. The van der Waals surface area contributed by atoms with Gasteiger partial charge in [0.25, 0.3) is 0 Å². The van der Waals surface area contributed by atoms with Crippen LogP contribution >= 0.6 is 0 Å². The molecule has 3 rings (SSSR count). The fraction of sp³-hybridized carbons (Fsp3) is 0.833. The van der Waals surface area contributed by atoms with Crippen molar-refractivity contribution in [1.82, 2.24) is 25.7 Å². The molecule has 1 aromatic rings. The summed E-state index contributed by atoms with van der Waals surface area (Å²) in [6, 6.07) is 0.853. The van der Waals surface area contributed by atoms with Crippen LogP contribution in [0.1, 0.15) is 63.6 Å². The quantitative estimate of drug-likeness (QED) is 0.742. The second-order valence-corrected chi connectivity index (χ2v) is 7.29. The number of aryl methyl sites for hydroxylation is 1. The predicted octanol–water partition coefficient (Wildman–Crippen LogP) is 1.63. The molecule has 1 saturated carbocycles. The van der Waals surface area contributed by atoms with E-state index in [2.05, 4.69) is 25.7 Å². The highest BCUT2D eigenvalue weighted by molar-refractivity contribution is 5.76. The topological polar surface area (TPSA) is 83.3 Å². The lowest BCUT2D eigenvalue weighted by Crippen LogP contribution is -2.46. The molecule has 2 N–H and O–H groups in total. The molecule has 1 atom stereocenters. The van der Waals surface area contributed by atoms with E-state index in [1.54, 1.807) is 0 Å². The number of hydrogen-bond donors (Lipinski definition) is 2. The van der Waals surface area contributed by atoms with Crippen LogP contribution in [0, 0.1) is 0 Å². The Hall–Kier alpha value is -1.47. The average Bonchev–Trinajstić information content (AvgIpc) is 3.27. The lowest BCUT2D eigenvalue weighted by Gasteiger charge is -2.32. The molecule has 2 heterocycles. The smallest absolute Gasteiger partial charge is 0.226 e. The molecule has 0 bridgehead atoms. The Bertz CT molecular complexity index is 541. The summed E-state index contributed by atoms with van der Waals surface area (Å²) in [5.41, 5.74) is 0. The van der Waals surface area contributed by atoms with Crippen molar-refractivity contribution in [1.29, 1.82) is 0 Å². The largest absolute Gasteiger partial charge is 0.353 e. The van der Waals surface area contributed by atoms with Crippen molar-refractivity contribution >= 4 is 5.91 Å². The second kappa shape index (κ2) is 9.29. The van der Waals surface area contributed by atoms with E-state index in [1.807, 2.05) is 6.92 Å². The van der Waals surface area contributed by atoms with Crippen molar-refractivity contribution in [3.05, 3.63) is 11.7 Å². The van der Waals surface area contributed by atoms with Gasteiger partial charge in [-0.05, 0) is 32.2 Å². The van der Waals surface area contributed by atoms with Crippen molar-refractivity contribution in [2.24, 2.45) is 0 Å². The van der Waals surface area contributed by atoms with Gasteiger partial charge >= 0.3 is 0 Å². The van der Waals surface area contributed by atoms with E-state index in [0.717, 1.165) is 64.1 Å². The van der Waals surface area contributed by atoms with E-state index < -0.39 is 0 Å². The van der Waals surface area contributed by atoms with Crippen LogP contribution in [0.15, 0.2) is 4.52 Å². The van der Waals surface area contributed by atoms with Crippen LogP contribution in [0.4, 0.5) is 0 Å². The number of carbonyl (C=O) groups is 1. The first-order valence-corrected chi connectivity index (χ1v) is 9.79. The monoisotopic (exact) mass is 349 g/mol. The van der Waals surface area contributed by atoms with Gasteiger partial charge in [-0.2, -0.15) is 4.98 Å². The third-order valence-electron chi connectivity index (χ3n) is 5.19. The molecule has 1 aliphatic heterocycles. The van der Waals surface area contributed by atoms with Crippen LogP contribution in [0.3, 0.4) is 0 Å². The van der Waals surface area contributed by atoms with Crippen LogP contribution in [-0.2, 0) is 17.8 Å². The molecule has 1 amide bonds. The van der Waals surface area contributed by atoms with Crippen molar-refractivity contribution in [2.75, 3.05) is 19.6 Å². The standard InChI is InChI=1S/C18H31N5O2/c1-2-18-21-16(22-25-18)13-23-11-5-8-15(12-23)19-10-9-17(24)20-14-6-3-4-7-14/h14-15,19H,2-13H2,1H3,(H,20,24)/t15-/m1/s1. The van der Waals surface area contributed by atoms with Crippen LogP contribution in [0.2, 0.25) is 0 Å². The van der Waals surface area contributed by atoms with Gasteiger partial charge in [0.15, 0.2) is 5.82 Å². The van der Waals surface area contributed by atoms with Gasteiger partial charge < -0.3 is 15.2 Å². The molecule has 140 valence electrons. The zero-order valence-electron chi connectivity index (χ0n) is 15.3. The molecule has 7 nitrogen and oxygen atoms in total. The Balaban J connectivity index is 1.34. The summed E-state index contributed by atoms with van der Waals surface area (Å²) in [6.45, 7) is 5.54. The fourth-order valence-corrected chi connectivity index (χ4v) is 3.82. The molecule has 0 aromatic carbocycles. The van der Waals surface area contributed by atoms with Crippen molar-refractivity contribution in [2.45, 2.75) is 76.9 Å². The van der Waals surface area contributed by atoms with Crippen molar-refractivity contribution in [3.63, 3.8) is 0 Å². The van der Waals surface area contributed by atoms with E-state index >= 15 is 0 Å². The van der Waals surface area contributed by atoms with Gasteiger partial charge in [0.2, 0.25) is 11.8 Å². The normalized spacial score (nSPS) is 22.4. The molecule has 2 aliphatic rings. The summed E-state index contributed by atoms with van der Waals surface area (Å²) >= 11 is 0. The Labute approximate surface area is 149 Å². The molecule has 0 unspecified atom stereocenters. The Kier molecular flexibility index (Phi) is 6.81. The molecule has 2 fully saturated rings. The van der Waals surface area contributed by atoms with Gasteiger partial charge in [0.1, 0.15) is 0 Å². The summed E-state index contributed by atoms with van der Waals surface area (Å²) in [5, 5.41) is 10.7. The first kappa shape index (κ1) is 18.3. The highest BCUT2D eigenvalue weighted by Gasteiger charge is 2.22. The summed E-state index contributed by atoms with van der Waals surface area (Å²) < 4.78 is 5.18. The summed E-state index contributed by atoms with van der Waals surface area (Å²) in [4.78, 5) is 18.7. The number of hydrogen-bond acceptors (Lipinski definition) is 6. The molecule has 0 radical (unpaired) electrons. The lowest BCUT2D eigenvalue weighted by atomic mass is 10.1. The number of piperidine rings is 1. The third kappa shape index (κ3) is 5.78. The Morgan fingerprint density at radius 2 is 2.04 bits per heavy atom. The minimum atomic E-state index is 0.186. The SMILES string of the molecule is CCc1nc(CN2CCC[C@@H](NCCC(=O)NC3CCCC3)C2)no1. The zero-order chi connectivity index (χ0) is 17.5. The van der Waals surface area contributed by atoms with E-state index in [-0.39, 0.29) is 5.91 Å². The van der Waals surface area contributed by atoms with E-state index in [4.69, 9.17) is 4.52 Å². The third-order valence-corrected chi connectivity index (χ3v) is 5.19. The predicted molar refractivity (Wildman–Crippen MR) is 95.0 cm³/mol. The van der Waals surface area contributed by atoms with Crippen LogP contribution in [0.25, 0.3) is 0 Å². The summed E-state index contributed by atoms with van der Waals surface area (Å²) in [5.74, 6) is 1.66. The van der Waals surface area contributed by atoms with Gasteiger partial charge in [0, 0.05) is 38.0 Å². The first-order valence-electron chi connectivity index (χ1n) is 9.79. The zero-order valence-corrected chi connectivity index (χ0v) is 15.3. The summed E-state index contributed by atoms with van der Waals surface area (Å²) in [6.07, 6.45) is 8.46. The minimum absolute atomic E-state index is 0.186. The number of amides is 1. The molecule has 7 heteroatoms. The highest BCUT2D eigenvalue weighted by atomic mass is 16.5. The van der Waals surface area contributed by atoms with E-state index in [9.17, 15) is 4.79 Å². The molecular weight excluding hydrogens is 318 g/mol. The van der Waals surface area contributed by atoms with Crippen molar-refractivity contribution < 1.29 is 9.32 Å². The van der Waals surface area contributed by atoms with E-state index in [0.29, 0.717) is 24.4 Å². The molecular formula is C18H31N5O2. The van der Waals surface area contributed by atoms with Crippen LogP contribution in [0.5, 0.6) is 0 Å². The van der Waals surface area contributed by atoms with Gasteiger partial charge in [-0.1, -0.05) is 24.9 Å². The number of nitrogens with one attached hydrogen (secondary N) is 2. The second-order valence-electron chi connectivity index (χ2n) is 7.29. The maximum absolute atomic E-state index is 12.0. The number of carbonyl (C=O) groups excluding carboxylic acids is 1. The lowest BCUT2D eigenvalue weighted by molar-refractivity contribution is -0.121.